The molecule has 5 nitrogen and oxygen atoms in total. The van der Waals surface area contributed by atoms with Crippen molar-refractivity contribution in [3.8, 4) is 0 Å². The fraction of sp³-hybridized carbons (Fsp3) is 0.467. The topological polar surface area (TPSA) is 61.8 Å². The Kier molecular flexibility index (Phi) is 3.31. The normalized spacial score (nSPS) is 31.9. The Morgan fingerprint density at radius 2 is 2.15 bits per heavy atom. The van der Waals surface area contributed by atoms with E-state index in [9.17, 15) is 9.59 Å². The number of aldehydes is 1. The van der Waals surface area contributed by atoms with Crippen LogP contribution in [0.15, 0.2) is 24.3 Å². The standard InChI is InChI=1S/C15H16O5/c1-15-12(6-7-19-15)18-9-13(15)20-14(17)11-4-2-10(8-16)3-5-11/h2-5,8,12-13H,6-7,9H2,1H3/t12-,13+,15+/m1/s1. The molecular weight excluding hydrogens is 260 g/mol. The molecule has 0 bridgehead atoms. The average Bonchev–Trinajstić information content (AvgIpc) is 2.97. The highest BCUT2D eigenvalue weighted by Crippen LogP contribution is 2.38. The molecule has 2 heterocycles. The molecule has 3 rings (SSSR count). The van der Waals surface area contributed by atoms with Crippen LogP contribution in [0.25, 0.3) is 0 Å². The first-order chi connectivity index (χ1) is 9.63. The summed E-state index contributed by atoms with van der Waals surface area (Å²) in [5.74, 6) is -0.423. The molecule has 0 aromatic heterocycles. The van der Waals surface area contributed by atoms with E-state index in [2.05, 4.69) is 0 Å². The number of carbonyl (C=O) groups is 2. The van der Waals surface area contributed by atoms with Crippen molar-refractivity contribution in [2.75, 3.05) is 13.2 Å². The number of benzene rings is 1. The first-order valence-corrected chi connectivity index (χ1v) is 6.65. The van der Waals surface area contributed by atoms with Gasteiger partial charge in [-0.2, -0.15) is 0 Å². The molecule has 5 heteroatoms. The zero-order valence-corrected chi connectivity index (χ0v) is 11.2. The third-order valence-corrected chi connectivity index (χ3v) is 4.05. The molecule has 1 aromatic carbocycles. The maximum absolute atomic E-state index is 12.1. The van der Waals surface area contributed by atoms with Crippen LogP contribution >= 0.6 is 0 Å². The Hall–Kier alpha value is -1.72. The number of carbonyl (C=O) groups excluding carboxylic acids is 2. The summed E-state index contributed by atoms with van der Waals surface area (Å²) >= 11 is 0. The van der Waals surface area contributed by atoms with E-state index in [4.69, 9.17) is 14.2 Å². The van der Waals surface area contributed by atoms with E-state index in [1.807, 2.05) is 6.92 Å². The zero-order chi connectivity index (χ0) is 14.2. The summed E-state index contributed by atoms with van der Waals surface area (Å²) in [5, 5.41) is 0. The van der Waals surface area contributed by atoms with Gasteiger partial charge in [-0.1, -0.05) is 12.1 Å². The van der Waals surface area contributed by atoms with Crippen LogP contribution in [-0.2, 0) is 14.2 Å². The highest BCUT2D eigenvalue weighted by atomic mass is 16.6. The Morgan fingerprint density at radius 3 is 2.85 bits per heavy atom. The zero-order valence-electron chi connectivity index (χ0n) is 11.2. The minimum atomic E-state index is -0.543. The van der Waals surface area contributed by atoms with Crippen molar-refractivity contribution in [3.05, 3.63) is 35.4 Å². The van der Waals surface area contributed by atoms with Gasteiger partial charge < -0.3 is 14.2 Å². The lowest BCUT2D eigenvalue weighted by Crippen LogP contribution is -2.44. The van der Waals surface area contributed by atoms with E-state index in [1.165, 1.54) is 0 Å². The van der Waals surface area contributed by atoms with Crippen molar-refractivity contribution in [2.45, 2.75) is 31.2 Å². The lowest BCUT2D eigenvalue weighted by Gasteiger charge is -2.27. The molecule has 0 radical (unpaired) electrons. The maximum atomic E-state index is 12.1. The number of ether oxygens (including phenoxy) is 3. The lowest BCUT2D eigenvalue weighted by atomic mass is 9.96. The Balaban J connectivity index is 1.71. The van der Waals surface area contributed by atoms with Gasteiger partial charge in [0.2, 0.25) is 0 Å². The van der Waals surface area contributed by atoms with Crippen molar-refractivity contribution >= 4 is 12.3 Å². The largest absolute Gasteiger partial charge is 0.453 e. The van der Waals surface area contributed by atoms with Crippen molar-refractivity contribution in [2.24, 2.45) is 0 Å². The van der Waals surface area contributed by atoms with Gasteiger partial charge in [-0.25, -0.2) is 4.79 Å². The lowest BCUT2D eigenvalue weighted by molar-refractivity contribution is -0.0723. The van der Waals surface area contributed by atoms with Crippen LogP contribution in [0.5, 0.6) is 0 Å². The minimum absolute atomic E-state index is 0.00209. The molecule has 0 amide bonds. The van der Waals surface area contributed by atoms with Crippen LogP contribution < -0.4 is 0 Å². The van der Waals surface area contributed by atoms with Crippen molar-refractivity contribution in [1.82, 2.24) is 0 Å². The van der Waals surface area contributed by atoms with E-state index >= 15 is 0 Å². The highest BCUT2D eigenvalue weighted by Gasteiger charge is 2.54. The molecule has 0 spiro atoms. The molecule has 2 aliphatic rings. The van der Waals surface area contributed by atoms with Gasteiger partial charge in [0.25, 0.3) is 0 Å². The SMILES string of the molecule is C[C@]12OCC[C@H]1OC[C@@H]2OC(=O)c1ccc(C=O)cc1. The molecule has 106 valence electrons. The van der Waals surface area contributed by atoms with Gasteiger partial charge in [-0.05, 0) is 25.5 Å². The minimum Gasteiger partial charge on any atom is -0.453 e. The Labute approximate surface area is 116 Å². The summed E-state index contributed by atoms with van der Waals surface area (Å²) in [7, 11) is 0. The fourth-order valence-corrected chi connectivity index (χ4v) is 2.73. The average molecular weight is 276 g/mol. The predicted octanol–water partition coefficient (Wildman–Crippen LogP) is 1.60. The van der Waals surface area contributed by atoms with E-state index in [1.54, 1.807) is 24.3 Å². The number of hydrogen-bond acceptors (Lipinski definition) is 5. The molecule has 0 unspecified atom stereocenters. The van der Waals surface area contributed by atoms with Crippen molar-refractivity contribution < 1.29 is 23.8 Å². The first kappa shape index (κ1) is 13.3. The van der Waals surface area contributed by atoms with E-state index in [0.717, 1.165) is 12.7 Å². The van der Waals surface area contributed by atoms with Gasteiger partial charge in [-0.3, -0.25) is 4.79 Å². The summed E-state index contributed by atoms with van der Waals surface area (Å²) < 4.78 is 16.8. The summed E-state index contributed by atoms with van der Waals surface area (Å²) in [4.78, 5) is 22.7. The van der Waals surface area contributed by atoms with Crippen molar-refractivity contribution in [3.63, 3.8) is 0 Å². The number of hydrogen-bond donors (Lipinski definition) is 0. The number of fused-ring (bicyclic) bond motifs is 1. The summed E-state index contributed by atoms with van der Waals surface area (Å²) in [6, 6.07) is 6.34. The molecular formula is C15H16O5. The van der Waals surface area contributed by atoms with Crippen LogP contribution in [0, 0.1) is 0 Å². The third-order valence-electron chi connectivity index (χ3n) is 4.05. The van der Waals surface area contributed by atoms with Crippen LogP contribution in [0.1, 0.15) is 34.1 Å². The smallest absolute Gasteiger partial charge is 0.338 e. The second-order valence-corrected chi connectivity index (χ2v) is 5.28. The van der Waals surface area contributed by atoms with E-state index in [0.29, 0.717) is 24.3 Å². The predicted molar refractivity (Wildman–Crippen MR) is 69.7 cm³/mol. The van der Waals surface area contributed by atoms with Gasteiger partial charge in [0.15, 0.2) is 6.10 Å². The molecule has 2 fully saturated rings. The molecule has 20 heavy (non-hydrogen) atoms. The van der Waals surface area contributed by atoms with E-state index in [-0.39, 0.29) is 6.10 Å². The van der Waals surface area contributed by atoms with Gasteiger partial charge in [0.1, 0.15) is 11.9 Å². The fourth-order valence-electron chi connectivity index (χ4n) is 2.73. The van der Waals surface area contributed by atoms with Crippen molar-refractivity contribution in [1.29, 1.82) is 0 Å². The summed E-state index contributed by atoms with van der Waals surface area (Å²) in [6.07, 6.45) is 1.17. The number of rotatable bonds is 3. The third kappa shape index (κ3) is 2.13. The maximum Gasteiger partial charge on any atom is 0.338 e. The van der Waals surface area contributed by atoms with Crippen LogP contribution in [0.3, 0.4) is 0 Å². The van der Waals surface area contributed by atoms with Crippen LogP contribution in [-0.4, -0.2) is 43.3 Å². The molecule has 1 aromatic rings. The molecule has 3 atom stereocenters. The summed E-state index contributed by atoms with van der Waals surface area (Å²) in [6.45, 7) is 2.91. The van der Waals surface area contributed by atoms with Gasteiger partial charge in [0, 0.05) is 5.56 Å². The second-order valence-electron chi connectivity index (χ2n) is 5.28. The van der Waals surface area contributed by atoms with Crippen LogP contribution in [0.2, 0.25) is 0 Å². The van der Waals surface area contributed by atoms with Gasteiger partial charge in [-0.15, -0.1) is 0 Å². The van der Waals surface area contributed by atoms with Gasteiger partial charge in [0.05, 0.1) is 24.9 Å². The van der Waals surface area contributed by atoms with E-state index < -0.39 is 17.7 Å². The monoisotopic (exact) mass is 276 g/mol. The molecule has 0 N–H and O–H groups in total. The quantitative estimate of drug-likeness (QED) is 0.620. The molecule has 0 saturated carbocycles. The number of esters is 1. The first-order valence-electron chi connectivity index (χ1n) is 6.65. The van der Waals surface area contributed by atoms with Gasteiger partial charge >= 0.3 is 5.97 Å². The molecule has 2 aliphatic heterocycles. The highest BCUT2D eigenvalue weighted by molar-refractivity contribution is 5.90. The Morgan fingerprint density at radius 1 is 1.40 bits per heavy atom. The second kappa shape index (κ2) is 5.00. The van der Waals surface area contributed by atoms with Crippen LogP contribution in [0.4, 0.5) is 0 Å². The Bertz CT molecular complexity index is 524. The molecule has 2 saturated heterocycles. The molecule has 0 aliphatic carbocycles. The summed E-state index contributed by atoms with van der Waals surface area (Å²) in [5.41, 5.74) is 0.399.